The zero-order valence-corrected chi connectivity index (χ0v) is 17.4. The van der Waals surface area contributed by atoms with Gasteiger partial charge in [0.25, 0.3) is 0 Å². The summed E-state index contributed by atoms with van der Waals surface area (Å²) in [7, 11) is 1.67. The van der Waals surface area contributed by atoms with Crippen LogP contribution in [-0.2, 0) is 24.2 Å². The molecule has 0 fully saturated rings. The van der Waals surface area contributed by atoms with Crippen LogP contribution in [-0.4, -0.2) is 27.8 Å². The van der Waals surface area contributed by atoms with E-state index >= 15 is 0 Å². The van der Waals surface area contributed by atoms with Gasteiger partial charge in [0.1, 0.15) is 5.75 Å². The Balaban J connectivity index is 1.34. The quantitative estimate of drug-likeness (QED) is 0.533. The molecular weight excluding hydrogens is 388 g/mol. The van der Waals surface area contributed by atoms with Crippen molar-refractivity contribution in [2.24, 2.45) is 5.92 Å². The van der Waals surface area contributed by atoms with E-state index in [1.807, 2.05) is 71.7 Å². The summed E-state index contributed by atoms with van der Waals surface area (Å²) in [6.45, 7) is 0.654. The van der Waals surface area contributed by atoms with Crippen molar-refractivity contribution in [2.75, 3.05) is 12.4 Å². The fourth-order valence-corrected chi connectivity index (χ4v) is 4.28. The monoisotopic (exact) mass is 412 g/mol. The first-order chi connectivity index (χ1) is 15.2. The largest absolute Gasteiger partial charge is 0.497 e. The highest BCUT2D eigenvalue weighted by molar-refractivity contribution is 5.93. The van der Waals surface area contributed by atoms with Gasteiger partial charge in [-0.2, -0.15) is 5.10 Å². The standard InChI is InChI=1S/C25H24N4O2/c1-31-21-10-7-17(8-11-21)16-29-24-23(15-27-29)22-12-9-18(13-19(22)14-26-24)25(30)28-20-5-3-2-4-6-20/h2-8,10-11,14-15,18H,9,12-13,16H2,1H3,(H,28,30). The van der Waals surface area contributed by atoms with E-state index in [9.17, 15) is 4.79 Å². The minimum absolute atomic E-state index is 0.0405. The third kappa shape index (κ3) is 3.89. The second-order valence-electron chi connectivity index (χ2n) is 7.94. The molecule has 1 aliphatic rings. The van der Waals surface area contributed by atoms with Crippen LogP contribution in [0.5, 0.6) is 5.75 Å². The van der Waals surface area contributed by atoms with Gasteiger partial charge in [0.15, 0.2) is 5.65 Å². The maximum absolute atomic E-state index is 12.7. The van der Waals surface area contributed by atoms with Crippen molar-refractivity contribution in [1.82, 2.24) is 14.8 Å². The van der Waals surface area contributed by atoms with Crippen molar-refractivity contribution in [2.45, 2.75) is 25.8 Å². The van der Waals surface area contributed by atoms with Gasteiger partial charge in [-0.05, 0) is 60.2 Å². The van der Waals surface area contributed by atoms with E-state index in [1.54, 1.807) is 7.11 Å². The number of methoxy groups -OCH3 is 1. The lowest BCUT2D eigenvalue weighted by Crippen LogP contribution is -2.28. The highest BCUT2D eigenvalue weighted by Gasteiger charge is 2.27. The van der Waals surface area contributed by atoms with Crippen molar-refractivity contribution in [3.8, 4) is 5.75 Å². The number of fused-ring (bicyclic) bond motifs is 3. The number of nitrogens with one attached hydrogen (secondary N) is 1. The molecule has 156 valence electrons. The summed E-state index contributed by atoms with van der Waals surface area (Å²) in [5.41, 5.74) is 5.29. The molecule has 2 heterocycles. The maximum atomic E-state index is 12.7. The lowest BCUT2D eigenvalue weighted by Gasteiger charge is -2.24. The average molecular weight is 412 g/mol. The number of carbonyl (C=O) groups excluding carboxylic acids is 1. The van der Waals surface area contributed by atoms with Crippen LogP contribution in [0.15, 0.2) is 67.0 Å². The first-order valence-electron chi connectivity index (χ1n) is 10.5. The van der Waals surface area contributed by atoms with Gasteiger partial charge in [-0.15, -0.1) is 0 Å². The third-order valence-corrected chi connectivity index (χ3v) is 5.98. The van der Waals surface area contributed by atoms with E-state index in [-0.39, 0.29) is 11.8 Å². The SMILES string of the molecule is COc1ccc(Cn2ncc3c4c(cnc32)CC(C(=O)Nc2ccccc2)CC4)cc1. The summed E-state index contributed by atoms with van der Waals surface area (Å²) in [6.07, 6.45) is 6.23. The van der Waals surface area contributed by atoms with Crippen LogP contribution >= 0.6 is 0 Å². The van der Waals surface area contributed by atoms with Crippen LogP contribution in [0.3, 0.4) is 0 Å². The second kappa shape index (κ2) is 8.22. The molecule has 1 amide bonds. The predicted molar refractivity (Wildman–Crippen MR) is 120 cm³/mol. The van der Waals surface area contributed by atoms with E-state index < -0.39 is 0 Å². The second-order valence-corrected chi connectivity index (χ2v) is 7.94. The number of aryl methyl sites for hydroxylation is 1. The van der Waals surface area contributed by atoms with E-state index in [1.165, 1.54) is 5.56 Å². The number of benzene rings is 2. The highest BCUT2D eigenvalue weighted by atomic mass is 16.5. The zero-order valence-electron chi connectivity index (χ0n) is 17.4. The van der Waals surface area contributed by atoms with E-state index in [4.69, 9.17) is 9.72 Å². The molecule has 6 heteroatoms. The molecule has 6 nitrogen and oxygen atoms in total. The summed E-state index contributed by atoms with van der Waals surface area (Å²) < 4.78 is 7.17. The van der Waals surface area contributed by atoms with Gasteiger partial charge in [0.05, 0.1) is 19.9 Å². The minimum atomic E-state index is -0.0405. The van der Waals surface area contributed by atoms with E-state index in [0.717, 1.165) is 46.4 Å². The molecule has 4 aromatic rings. The molecule has 1 atom stereocenters. The molecule has 2 aromatic heterocycles. The van der Waals surface area contributed by atoms with Crippen molar-refractivity contribution < 1.29 is 9.53 Å². The van der Waals surface area contributed by atoms with Gasteiger partial charge in [-0.1, -0.05) is 30.3 Å². The number of para-hydroxylation sites is 1. The smallest absolute Gasteiger partial charge is 0.227 e. The number of aromatic nitrogens is 3. The number of hydrogen-bond acceptors (Lipinski definition) is 4. The number of ether oxygens (including phenoxy) is 1. The molecule has 0 radical (unpaired) electrons. The number of pyridine rings is 1. The molecule has 1 aliphatic carbocycles. The summed E-state index contributed by atoms with van der Waals surface area (Å²) >= 11 is 0. The molecule has 1 N–H and O–H groups in total. The van der Waals surface area contributed by atoms with Crippen LogP contribution in [0.25, 0.3) is 11.0 Å². The van der Waals surface area contributed by atoms with Gasteiger partial charge in [-0.3, -0.25) is 4.79 Å². The molecule has 0 saturated heterocycles. The van der Waals surface area contributed by atoms with Gasteiger partial charge in [-0.25, -0.2) is 9.67 Å². The number of rotatable bonds is 5. The number of amides is 1. The Morgan fingerprint density at radius 3 is 2.71 bits per heavy atom. The van der Waals surface area contributed by atoms with Crippen molar-refractivity contribution in [1.29, 1.82) is 0 Å². The first-order valence-corrected chi connectivity index (χ1v) is 10.5. The minimum Gasteiger partial charge on any atom is -0.497 e. The van der Waals surface area contributed by atoms with E-state index in [2.05, 4.69) is 10.4 Å². The Morgan fingerprint density at radius 2 is 1.94 bits per heavy atom. The van der Waals surface area contributed by atoms with Crippen molar-refractivity contribution in [3.05, 3.63) is 83.7 Å². The number of hydrogen-bond donors (Lipinski definition) is 1. The Hall–Kier alpha value is -3.67. The van der Waals surface area contributed by atoms with Gasteiger partial charge in [0, 0.05) is 23.2 Å². The Labute approximate surface area is 180 Å². The summed E-state index contributed by atoms with van der Waals surface area (Å²) in [5.74, 6) is 0.876. The molecule has 31 heavy (non-hydrogen) atoms. The highest BCUT2D eigenvalue weighted by Crippen LogP contribution is 2.31. The van der Waals surface area contributed by atoms with Crippen LogP contribution in [0.1, 0.15) is 23.1 Å². The molecular formula is C25H24N4O2. The molecule has 5 rings (SSSR count). The average Bonchev–Trinajstić information content (AvgIpc) is 3.23. The third-order valence-electron chi connectivity index (χ3n) is 5.98. The van der Waals surface area contributed by atoms with Gasteiger partial charge in [0.2, 0.25) is 5.91 Å². The number of carbonyl (C=O) groups is 1. The fraction of sp³-hybridized carbons (Fsp3) is 0.240. The number of nitrogens with zero attached hydrogens (tertiary/aromatic N) is 3. The maximum Gasteiger partial charge on any atom is 0.227 e. The Kier molecular flexibility index (Phi) is 5.12. The fourth-order valence-electron chi connectivity index (χ4n) is 4.28. The lowest BCUT2D eigenvalue weighted by atomic mass is 9.83. The Bertz CT molecular complexity index is 1220. The van der Waals surface area contributed by atoms with Gasteiger partial charge < -0.3 is 10.1 Å². The van der Waals surface area contributed by atoms with E-state index in [0.29, 0.717) is 13.0 Å². The summed E-state index contributed by atoms with van der Waals surface area (Å²) in [5, 5.41) is 8.72. The molecule has 0 spiro atoms. The number of anilines is 1. The van der Waals surface area contributed by atoms with Crippen LogP contribution in [0.2, 0.25) is 0 Å². The zero-order chi connectivity index (χ0) is 21.2. The Morgan fingerprint density at radius 1 is 1.13 bits per heavy atom. The molecule has 0 bridgehead atoms. The molecule has 2 aromatic carbocycles. The van der Waals surface area contributed by atoms with Crippen LogP contribution < -0.4 is 10.1 Å². The predicted octanol–water partition coefficient (Wildman–Crippen LogP) is 4.23. The summed E-state index contributed by atoms with van der Waals surface area (Å²) in [6, 6.07) is 17.6. The lowest BCUT2D eigenvalue weighted by molar-refractivity contribution is -0.120. The topological polar surface area (TPSA) is 69.0 Å². The molecule has 1 unspecified atom stereocenters. The normalized spacial score (nSPS) is 15.5. The van der Waals surface area contributed by atoms with Crippen molar-refractivity contribution >= 4 is 22.6 Å². The summed E-state index contributed by atoms with van der Waals surface area (Å²) in [4.78, 5) is 17.4. The van der Waals surface area contributed by atoms with Gasteiger partial charge >= 0.3 is 0 Å². The molecule has 0 aliphatic heterocycles. The van der Waals surface area contributed by atoms with Crippen LogP contribution in [0, 0.1) is 5.92 Å². The van der Waals surface area contributed by atoms with Crippen molar-refractivity contribution in [3.63, 3.8) is 0 Å². The van der Waals surface area contributed by atoms with Crippen LogP contribution in [0.4, 0.5) is 5.69 Å². The molecule has 0 saturated carbocycles. The first kappa shape index (κ1) is 19.3.